The van der Waals surface area contributed by atoms with E-state index in [1.807, 2.05) is 12.1 Å². The highest BCUT2D eigenvalue weighted by atomic mass is 35.5. The van der Waals surface area contributed by atoms with Crippen LogP contribution in [0.1, 0.15) is 18.4 Å². The highest BCUT2D eigenvalue weighted by molar-refractivity contribution is 6.30. The summed E-state index contributed by atoms with van der Waals surface area (Å²) in [7, 11) is 2.18. The minimum atomic E-state index is 0. The molecule has 1 aromatic carbocycles. The van der Waals surface area contributed by atoms with Crippen LogP contribution in [0.5, 0.6) is 0 Å². The average molecular weight is 394 g/mol. The Kier molecular flexibility index (Phi) is 8.09. The van der Waals surface area contributed by atoms with E-state index in [2.05, 4.69) is 44.2 Å². The van der Waals surface area contributed by atoms with Crippen molar-refractivity contribution in [3.8, 4) is 0 Å². The van der Waals surface area contributed by atoms with Crippen LogP contribution in [0.4, 0.5) is 11.9 Å². The number of hydrogen-bond acceptors (Lipinski definition) is 5. The number of nitrogen functional groups attached to an aromatic ring is 1. The lowest BCUT2D eigenvalue weighted by atomic mass is 10.0. The minimum absolute atomic E-state index is 0. The van der Waals surface area contributed by atoms with Crippen LogP contribution in [0, 0.1) is 0 Å². The Morgan fingerprint density at radius 2 is 1.88 bits per heavy atom. The fourth-order valence-electron chi connectivity index (χ4n) is 2.92. The standard InChI is InChI=1S/C15H21ClN6.2ClH/c1-21(10-11-2-4-12(16)5-3-11)13-6-8-22(9-7-13)15-18-14(17)19-20-15;;/h2-5,13H,6-10H2,1H3,(H3,17,18,19,20);2*1H. The molecule has 9 heteroatoms. The van der Waals surface area contributed by atoms with E-state index in [9.17, 15) is 0 Å². The van der Waals surface area contributed by atoms with E-state index in [1.54, 1.807) is 0 Å². The van der Waals surface area contributed by atoms with Crippen molar-refractivity contribution >= 4 is 48.3 Å². The second-order valence-corrected chi connectivity index (χ2v) is 6.22. The van der Waals surface area contributed by atoms with Crippen LogP contribution in [0.25, 0.3) is 0 Å². The largest absolute Gasteiger partial charge is 0.368 e. The van der Waals surface area contributed by atoms with Gasteiger partial charge in [-0.3, -0.25) is 4.90 Å². The number of aromatic amines is 1. The summed E-state index contributed by atoms with van der Waals surface area (Å²) in [4.78, 5) is 8.78. The monoisotopic (exact) mass is 392 g/mol. The highest BCUT2D eigenvalue weighted by Crippen LogP contribution is 2.21. The van der Waals surface area contributed by atoms with Gasteiger partial charge in [0.25, 0.3) is 0 Å². The number of aromatic nitrogens is 3. The molecule has 0 atom stereocenters. The Morgan fingerprint density at radius 3 is 2.42 bits per heavy atom. The van der Waals surface area contributed by atoms with Gasteiger partial charge in [0.05, 0.1) is 0 Å². The zero-order valence-electron chi connectivity index (χ0n) is 13.5. The number of nitrogens with two attached hydrogens (primary N) is 1. The van der Waals surface area contributed by atoms with Gasteiger partial charge >= 0.3 is 0 Å². The number of anilines is 2. The van der Waals surface area contributed by atoms with Crippen LogP contribution in [0.15, 0.2) is 24.3 Å². The first kappa shape index (κ1) is 20.8. The van der Waals surface area contributed by atoms with Gasteiger partial charge in [-0.15, -0.1) is 29.9 Å². The van der Waals surface area contributed by atoms with Gasteiger partial charge in [0.15, 0.2) is 0 Å². The molecule has 3 rings (SSSR count). The number of H-pyrrole nitrogens is 1. The molecule has 0 spiro atoms. The van der Waals surface area contributed by atoms with E-state index in [4.69, 9.17) is 17.3 Å². The molecule has 1 aliphatic heterocycles. The van der Waals surface area contributed by atoms with Crippen LogP contribution < -0.4 is 10.6 Å². The van der Waals surface area contributed by atoms with Crippen molar-refractivity contribution in [3.63, 3.8) is 0 Å². The zero-order chi connectivity index (χ0) is 15.5. The molecular weight excluding hydrogens is 371 g/mol. The van der Waals surface area contributed by atoms with Crippen molar-refractivity contribution < 1.29 is 0 Å². The molecule has 1 aromatic heterocycles. The molecule has 0 bridgehead atoms. The summed E-state index contributed by atoms with van der Waals surface area (Å²) in [5.74, 6) is 1.08. The van der Waals surface area contributed by atoms with Crippen molar-refractivity contribution in [3.05, 3.63) is 34.9 Å². The molecule has 24 heavy (non-hydrogen) atoms. The molecule has 0 aliphatic carbocycles. The third kappa shape index (κ3) is 5.14. The maximum absolute atomic E-state index is 5.93. The predicted molar refractivity (Wildman–Crippen MR) is 103 cm³/mol. The first-order valence-corrected chi connectivity index (χ1v) is 7.87. The van der Waals surface area contributed by atoms with E-state index in [0.717, 1.165) is 37.5 Å². The molecule has 0 saturated carbocycles. The Balaban J connectivity index is 0.00000144. The Hall–Kier alpha value is -1.21. The SMILES string of the molecule is CN(Cc1ccc(Cl)cc1)C1CCN(c2n[nH]c(N)n2)CC1.Cl.Cl. The third-order valence-electron chi connectivity index (χ3n) is 4.21. The van der Waals surface area contributed by atoms with E-state index >= 15 is 0 Å². The molecular formula is C15H23Cl3N6. The summed E-state index contributed by atoms with van der Waals surface area (Å²) >= 11 is 5.93. The molecule has 0 unspecified atom stereocenters. The number of halogens is 3. The predicted octanol–water partition coefficient (Wildman–Crippen LogP) is 2.98. The van der Waals surface area contributed by atoms with E-state index in [0.29, 0.717) is 17.9 Å². The van der Waals surface area contributed by atoms with Crippen LogP contribution in [0.3, 0.4) is 0 Å². The quantitative estimate of drug-likeness (QED) is 0.835. The van der Waals surface area contributed by atoms with Crippen LogP contribution in [0.2, 0.25) is 5.02 Å². The first-order chi connectivity index (χ1) is 10.6. The summed E-state index contributed by atoms with van der Waals surface area (Å²) in [5.41, 5.74) is 6.87. The molecule has 134 valence electrons. The topological polar surface area (TPSA) is 74.1 Å². The molecule has 2 heterocycles. The zero-order valence-corrected chi connectivity index (χ0v) is 15.9. The molecule has 6 nitrogen and oxygen atoms in total. The number of hydrogen-bond donors (Lipinski definition) is 2. The molecule has 0 radical (unpaired) electrons. The maximum Gasteiger partial charge on any atom is 0.246 e. The number of nitrogens with one attached hydrogen (secondary N) is 1. The maximum atomic E-state index is 5.93. The van der Waals surface area contributed by atoms with Gasteiger partial charge in [-0.05, 0) is 37.6 Å². The van der Waals surface area contributed by atoms with E-state index in [1.165, 1.54) is 5.56 Å². The Labute approximate surface area is 159 Å². The lowest BCUT2D eigenvalue weighted by Gasteiger charge is -2.36. The summed E-state index contributed by atoms with van der Waals surface area (Å²) in [5, 5.41) is 7.60. The molecule has 1 fully saturated rings. The number of piperidine rings is 1. The van der Waals surface area contributed by atoms with Gasteiger partial charge in [-0.2, -0.15) is 4.98 Å². The lowest BCUT2D eigenvalue weighted by molar-refractivity contribution is 0.200. The van der Waals surface area contributed by atoms with E-state index in [-0.39, 0.29) is 24.8 Å². The van der Waals surface area contributed by atoms with Gasteiger partial charge in [0.1, 0.15) is 0 Å². The minimum Gasteiger partial charge on any atom is -0.368 e. The first-order valence-electron chi connectivity index (χ1n) is 7.49. The van der Waals surface area contributed by atoms with Crippen LogP contribution in [-0.4, -0.2) is 46.3 Å². The molecule has 2 aromatic rings. The van der Waals surface area contributed by atoms with Gasteiger partial charge in [-0.1, -0.05) is 23.7 Å². The number of benzene rings is 1. The van der Waals surface area contributed by atoms with Crippen molar-refractivity contribution in [2.45, 2.75) is 25.4 Å². The second-order valence-electron chi connectivity index (χ2n) is 5.78. The van der Waals surface area contributed by atoms with Crippen LogP contribution >= 0.6 is 36.4 Å². The van der Waals surface area contributed by atoms with Gasteiger partial charge in [-0.25, -0.2) is 5.10 Å². The van der Waals surface area contributed by atoms with Gasteiger partial charge in [0, 0.05) is 30.7 Å². The number of rotatable bonds is 4. The van der Waals surface area contributed by atoms with Crippen LogP contribution in [-0.2, 0) is 6.54 Å². The second kappa shape index (κ2) is 9.32. The molecule has 3 N–H and O–H groups in total. The molecule has 1 aliphatic rings. The molecule has 1 saturated heterocycles. The van der Waals surface area contributed by atoms with Gasteiger partial charge < -0.3 is 10.6 Å². The summed E-state index contributed by atoms with van der Waals surface area (Å²) < 4.78 is 0. The van der Waals surface area contributed by atoms with Crippen molar-refractivity contribution in [2.75, 3.05) is 30.8 Å². The van der Waals surface area contributed by atoms with Gasteiger partial charge in [0.2, 0.25) is 11.9 Å². The fourth-order valence-corrected chi connectivity index (χ4v) is 3.05. The lowest BCUT2D eigenvalue weighted by Crippen LogP contribution is -2.43. The summed E-state index contributed by atoms with van der Waals surface area (Å²) in [6.07, 6.45) is 2.19. The average Bonchev–Trinajstić information content (AvgIpc) is 2.96. The van der Waals surface area contributed by atoms with Crippen molar-refractivity contribution in [1.82, 2.24) is 20.1 Å². The van der Waals surface area contributed by atoms with Crippen molar-refractivity contribution in [1.29, 1.82) is 0 Å². The summed E-state index contributed by atoms with van der Waals surface area (Å²) in [6, 6.07) is 8.64. The summed E-state index contributed by atoms with van der Waals surface area (Å²) in [6.45, 7) is 2.84. The smallest absolute Gasteiger partial charge is 0.246 e. The highest BCUT2D eigenvalue weighted by Gasteiger charge is 2.24. The van der Waals surface area contributed by atoms with E-state index < -0.39 is 0 Å². The van der Waals surface area contributed by atoms with Crippen molar-refractivity contribution in [2.24, 2.45) is 0 Å². The fraction of sp³-hybridized carbons (Fsp3) is 0.467. The Morgan fingerprint density at radius 1 is 1.25 bits per heavy atom. The Bertz CT molecular complexity index is 610. The normalized spacial score (nSPS) is 15.0. The number of nitrogens with zero attached hydrogens (tertiary/aromatic N) is 4. The third-order valence-corrected chi connectivity index (χ3v) is 4.46. The molecule has 0 amide bonds.